The van der Waals surface area contributed by atoms with E-state index in [1.54, 1.807) is 7.11 Å². The molecule has 21 heavy (non-hydrogen) atoms. The van der Waals surface area contributed by atoms with Crippen LogP contribution in [0.1, 0.15) is 45.0 Å². The number of aryl methyl sites for hydroxylation is 4. The normalized spacial score (nSPS) is 12.5. The maximum Gasteiger partial charge on any atom is 0.124 e. The highest BCUT2D eigenvalue weighted by atomic mass is 32.1. The van der Waals surface area contributed by atoms with Crippen molar-refractivity contribution in [2.24, 2.45) is 0 Å². The zero-order valence-corrected chi connectivity index (χ0v) is 14.6. The van der Waals surface area contributed by atoms with Crippen LogP contribution in [0.2, 0.25) is 0 Å². The molecule has 0 aliphatic heterocycles. The molecule has 1 aromatic heterocycles. The quantitative estimate of drug-likeness (QED) is 0.865. The number of rotatable bonds is 5. The minimum absolute atomic E-state index is 0.197. The fourth-order valence-corrected chi connectivity index (χ4v) is 3.90. The van der Waals surface area contributed by atoms with Gasteiger partial charge in [-0.1, -0.05) is 13.0 Å². The molecule has 2 aromatic rings. The third kappa shape index (κ3) is 3.30. The summed E-state index contributed by atoms with van der Waals surface area (Å²) in [4.78, 5) is 2.74. The van der Waals surface area contributed by atoms with Crippen molar-refractivity contribution in [3.05, 3.63) is 50.2 Å². The molecule has 1 heterocycles. The summed E-state index contributed by atoms with van der Waals surface area (Å²) in [5.41, 5.74) is 5.14. The average molecular weight is 303 g/mol. The highest BCUT2D eigenvalue weighted by molar-refractivity contribution is 7.12. The summed E-state index contributed by atoms with van der Waals surface area (Å²) in [6.07, 6.45) is 0. The molecule has 3 heteroatoms. The Hall–Kier alpha value is -1.32. The first-order valence-corrected chi connectivity index (χ1v) is 8.25. The predicted molar refractivity (Wildman–Crippen MR) is 91.8 cm³/mol. The smallest absolute Gasteiger partial charge is 0.124 e. The first-order valence-electron chi connectivity index (χ1n) is 7.43. The van der Waals surface area contributed by atoms with Gasteiger partial charge in [0.1, 0.15) is 5.75 Å². The Labute approximate surface area is 132 Å². The lowest BCUT2D eigenvalue weighted by Gasteiger charge is -2.22. The van der Waals surface area contributed by atoms with E-state index in [4.69, 9.17) is 4.74 Å². The Balaban J connectivity index is 2.57. The largest absolute Gasteiger partial charge is 0.496 e. The molecule has 0 fully saturated rings. The fourth-order valence-electron chi connectivity index (χ4n) is 2.77. The number of nitrogens with one attached hydrogen (secondary N) is 1. The molecule has 2 nitrogen and oxygen atoms in total. The molecule has 1 N–H and O–H groups in total. The number of benzene rings is 1. The van der Waals surface area contributed by atoms with E-state index in [9.17, 15) is 0 Å². The number of thiophene rings is 1. The summed E-state index contributed by atoms with van der Waals surface area (Å²) in [6.45, 7) is 11.7. The van der Waals surface area contributed by atoms with E-state index >= 15 is 0 Å². The van der Waals surface area contributed by atoms with E-state index in [1.165, 1.54) is 32.0 Å². The topological polar surface area (TPSA) is 21.3 Å². The molecule has 0 saturated carbocycles. The SMILES string of the molecule is CCNC(c1cc(C)c(C)s1)c1c(C)cc(C)cc1OC. The molecule has 2 rings (SSSR count). The number of hydrogen-bond acceptors (Lipinski definition) is 3. The summed E-state index contributed by atoms with van der Waals surface area (Å²) in [5, 5.41) is 3.62. The molecule has 0 aliphatic rings. The second kappa shape index (κ2) is 6.63. The van der Waals surface area contributed by atoms with Gasteiger partial charge >= 0.3 is 0 Å². The van der Waals surface area contributed by atoms with E-state index in [2.05, 4.69) is 58.1 Å². The maximum atomic E-state index is 5.66. The first-order chi connectivity index (χ1) is 9.97. The predicted octanol–water partition coefficient (Wildman–Crippen LogP) is 4.69. The average Bonchev–Trinajstić information content (AvgIpc) is 2.76. The van der Waals surface area contributed by atoms with Crippen molar-refractivity contribution in [2.75, 3.05) is 13.7 Å². The minimum Gasteiger partial charge on any atom is -0.496 e. The van der Waals surface area contributed by atoms with Crippen molar-refractivity contribution in [3.63, 3.8) is 0 Å². The van der Waals surface area contributed by atoms with Gasteiger partial charge in [0.25, 0.3) is 0 Å². The van der Waals surface area contributed by atoms with Crippen LogP contribution in [0.15, 0.2) is 18.2 Å². The molecule has 1 unspecified atom stereocenters. The Bertz CT molecular complexity index is 611. The van der Waals surface area contributed by atoms with Crippen molar-refractivity contribution in [2.45, 2.75) is 40.7 Å². The standard InChI is InChI=1S/C18H25NOS/c1-7-19-18(16-10-12(3)14(5)21-16)17-13(4)8-11(2)9-15(17)20-6/h8-10,18-19H,7H2,1-6H3. The van der Waals surface area contributed by atoms with Crippen LogP contribution in [0.25, 0.3) is 0 Å². The third-order valence-corrected chi connectivity index (χ3v) is 5.10. The Morgan fingerprint density at radius 1 is 1.10 bits per heavy atom. The Morgan fingerprint density at radius 2 is 1.81 bits per heavy atom. The summed E-state index contributed by atoms with van der Waals surface area (Å²) in [5.74, 6) is 0.974. The van der Waals surface area contributed by atoms with Gasteiger partial charge in [0.05, 0.1) is 13.2 Å². The number of methoxy groups -OCH3 is 1. The van der Waals surface area contributed by atoms with Gasteiger partial charge in [-0.05, 0) is 63.1 Å². The van der Waals surface area contributed by atoms with Crippen LogP contribution in [0.4, 0.5) is 0 Å². The third-order valence-electron chi connectivity index (χ3n) is 3.88. The van der Waals surface area contributed by atoms with Crippen molar-refractivity contribution in [1.29, 1.82) is 0 Å². The zero-order chi connectivity index (χ0) is 15.6. The van der Waals surface area contributed by atoms with E-state index in [0.29, 0.717) is 0 Å². The second-order valence-electron chi connectivity index (χ2n) is 5.58. The summed E-state index contributed by atoms with van der Waals surface area (Å²) >= 11 is 1.87. The highest BCUT2D eigenvalue weighted by Crippen LogP contribution is 2.37. The molecule has 1 aromatic carbocycles. The molecule has 1 atom stereocenters. The molecule has 0 bridgehead atoms. The number of ether oxygens (including phenoxy) is 1. The summed E-state index contributed by atoms with van der Waals surface area (Å²) in [7, 11) is 1.76. The molecule has 0 spiro atoms. The van der Waals surface area contributed by atoms with Crippen LogP contribution in [0.3, 0.4) is 0 Å². The summed E-state index contributed by atoms with van der Waals surface area (Å²) in [6, 6.07) is 6.85. The zero-order valence-electron chi connectivity index (χ0n) is 13.8. The van der Waals surface area contributed by atoms with Crippen LogP contribution in [0.5, 0.6) is 5.75 Å². The Kier molecular flexibility index (Phi) is 5.07. The van der Waals surface area contributed by atoms with Crippen LogP contribution >= 0.6 is 11.3 Å². The van der Waals surface area contributed by atoms with Gasteiger partial charge in [0, 0.05) is 15.3 Å². The van der Waals surface area contributed by atoms with E-state index in [0.717, 1.165) is 12.3 Å². The van der Waals surface area contributed by atoms with Crippen molar-refractivity contribution in [3.8, 4) is 5.75 Å². The first kappa shape index (κ1) is 16.1. The van der Waals surface area contributed by atoms with Crippen LogP contribution in [0, 0.1) is 27.7 Å². The lowest BCUT2D eigenvalue weighted by molar-refractivity contribution is 0.403. The molecule has 0 saturated heterocycles. The fraction of sp³-hybridized carbons (Fsp3) is 0.444. The second-order valence-corrected chi connectivity index (χ2v) is 6.86. The molecular formula is C18H25NOS. The van der Waals surface area contributed by atoms with E-state index in [1.807, 2.05) is 11.3 Å². The van der Waals surface area contributed by atoms with Gasteiger partial charge in [-0.25, -0.2) is 0 Å². The van der Waals surface area contributed by atoms with Crippen molar-refractivity contribution >= 4 is 11.3 Å². The van der Waals surface area contributed by atoms with Gasteiger partial charge in [0.2, 0.25) is 0 Å². The lowest BCUT2D eigenvalue weighted by Crippen LogP contribution is -2.22. The molecule has 0 aliphatic carbocycles. The van der Waals surface area contributed by atoms with Gasteiger partial charge in [0.15, 0.2) is 0 Å². The van der Waals surface area contributed by atoms with E-state index in [-0.39, 0.29) is 6.04 Å². The summed E-state index contributed by atoms with van der Waals surface area (Å²) < 4.78 is 5.66. The van der Waals surface area contributed by atoms with Gasteiger partial charge in [-0.15, -0.1) is 11.3 Å². The van der Waals surface area contributed by atoms with Crippen LogP contribution < -0.4 is 10.1 Å². The minimum atomic E-state index is 0.197. The molecule has 114 valence electrons. The van der Waals surface area contributed by atoms with Gasteiger partial charge in [-0.2, -0.15) is 0 Å². The van der Waals surface area contributed by atoms with Crippen LogP contribution in [-0.4, -0.2) is 13.7 Å². The maximum absolute atomic E-state index is 5.66. The van der Waals surface area contributed by atoms with Crippen LogP contribution in [-0.2, 0) is 0 Å². The van der Waals surface area contributed by atoms with Crippen molar-refractivity contribution < 1.29 is 4.74 Å². The van der Waals surface area contributed by atoms with Gasteiger partial charge < -0.3 is 10.1 Å². The molecule has 0 radical (unpaired) electrons. The Morgan fingerprint density at radius 3 is 2.33 bits per heavy atom. The lowest BCUT2D eigenvalue weighted by atomic mass is 9.96. The highest BCUT2D eigenvalue weighted by Gasteiger charge is 2.22. The van der Waals surface area contributed by atoms with Crippen molar-refractivity contribution in [1.82, 2.24) is 5.32 Å². The molecule has 0 amide bonds. The molecular weight excluding hydrogens is 278 g/mol. The monoisotopic (exact) mass is 303 g/mol. The van der Waals surface area contributed by atoms with Gasteiger partial charge in [-0.3, -0.25) is 0 Å². The van der Waals surface area contributed by atoms with E-state index < -0.39 is 0 Å². The number of hydrogen-bond donors (Lipinski definition) is 1.